The quantitative estimate of drug-likeness (QED) is 0.835. The van der Waals surface area contributed by atoms with Crippen molar-refractivity contribution in [1.82, 2.24) is 14.9 Å². The van der Waals surface area contributed by atoms with Gasteiger partial charge in [0.05, 0.1) is 6.54 Å². The molecule has 1 saturated heterocycles. The summed E-state index contributed by atoms with van der Waals surface area (Å²) in [7, 11) is 1.79. The van der Waals surface area contributed by atoms with E-state index in [1.807, 2.05) is 13.8 Å². The highest BCUT2D eigenvalue weighted by Gasteiger charge is 2.47. The van der Waals surface area contributed by atoms with Crippen LogP contribution in [0.1, 0.15) is 26.7 Å². The molecule has 1 unspecified atom stereocenters. The standard InChI is InChI=1S/C15H21N5O2/c1-11(2)19(3)13(21)12-9-15(22-18-12)5-8-20(10-15)14-16-6-4-7-17-14/h4,6-7,11H,5,8-10H2,1-3H3. The van der Waals surface area contributed by atoms with E-state index in [1.54, 1.807) is 30.4 Å². The summed E-state index contributed by atoms with van der Waals surface area (Å²) in [5, 5.41) is 4.06. The van der Waals surface area contributed by atoms with E-state index in [1.165, 1.54) is 0 Å². The molecule has 0 bridgehead atoms. The largest absolute Gasteiger partial charge is 0.386 e. The topological polar surface area (TPSA) is 70.9 Å². The Morgan fingerprint density at radius 2 is 2.14 bits per heavy atom. The number of aromatic nitrogens is 2. The maximum Gasteiger partial charge on any atom is 0.271 e. The summed E-state index contributed by atoms with van der Waals surface area (Å²) < 4.78 is 0. The van der Waals surface area contributed by atoms with Crippen molar-refractivity contribution in [2.75, 3.05) is 25.0 Å². The zero-order valence-corrected chi connectivity index (χ0v) is 13.2. The molecule has 118 valence electrons. The van der Waals surface area contributed by atoms with Crippen LogP contribution in [0.5, 0.6) is 0 Å². The van der Waals surface area contributed by atoms with E-state index in [9.17, 15) is 4.79 Å². The Bertz CT molecular complexity index is 589. The fourth-order valence-electron chi connectivity index (χ4n) is 2.76. The first kappa shape index (κ1) is 14.7. The van der Waals surface area contributed by atoms with E-state index in [0.29, 0.717) is 24.6 Å². The summed E-state index contributed by atoms with van der Waals surface area (Å²) in [5.74, 6) is 0.642. The van der Waals surface area contributed by atoms with Crippen molar-refractivity contribution in [1.29, 1.82) is 0 Å². The minimum absolute atomic E-state index is 0.0544. The minimum Gasteiger partial charge on any atom is -0.386 e. The molecule has 1 aromatic heterocycles. The Morgan fingerprint density at radius 3 is 2.82 bits per heavy atom. The maximum absolute atomic E-state index is 12.4. The summed E-state index contributed by atoms with van der Waals surface area (Å²) in [6.45, 7) is 5.42. The van der Waals surface area contributed by atoms with Crippen molar-refractivity contribution in [3.8, 4) is 0 Å². The first-order valence-electron chi connectivity index (χ1n) is 7.55. The molecule has 3 heterocycles. The lowest BCUT2D eigenvalue weighted by molar-refractivity contribution is -0.124. The van der Waals surface area contributed by atoms with Crippen LogP contribution in [0.3, 0.4) is 0 Å². The molecule has 1 amide bonds. The predicted molar refractivity (Wildman–Crippen MR) is 82.6 cm³/mol. The molecule has 0 radical (unpaired) electrons. The van der Waals surface area contributed by atoms with Gasteiger partial charge in [-0.1, -0.05) is 5.16 Å². The van der Waals surface area contributed by atoms with Crippen molar-refractivity contribution in [3.05, 3.63) is 18.5 Å². The molecule has 2 aliphatic rings. The first-order valence-corrected chi connectivity index (χ1v) is 7.55. The molecule has 0 saturated carbocycles. The molecule has 1 aromatic rings. The van der Waals surface area contributed by atoms with Gasteiger partial charge < -0.3 is 14.6 Å². The van der Waals surface area contributed by atoms with Gasteiger partial charge in [0.1, 0.15) is 5.71 Å². The predicted octanol–water partition coefficient (Wildman–Crippen LogP) is 1.07. The molecular formula is C15H21N5O2. The van der Waals surface area contributed by atoms with E-state index in [2.05, 4.69) is 20.0 Å². The van der Waals surface area contributed by atoms with Gasteiger partial charge in [0.15, 0.2) is 5.60 Å². The maximum atomic E-state index is 12.4. The zero-order chi connectivity index (χ0) is 15.7. The zero-order valence-electron chi connectivity index (χ0n) is 13.2. The number of amides is 1. The Hall–Kier alpha value is -2.18. The van der Waals surface area contributed by atoms with Gasteiger partial charge in [0, 0.05) is 44.9 Å². The minimum atomic E-state index is -0.415. The molecule has 1 fully saturated rings. The summed E-state index contributed by atoms with van der Waals surface area (Å²) in [6.07, 6.45) is 4.82. The van der Waals surface area contributed by atoms with E-state index < -0.39 is 5.60 Å². The van der Waals surface area contributed by atoms with Crippen LogP contribution in [0.15, 0.2) is 23.6 Å². The first-order chi connectivity index (χ1) is 10.5. The van der Waals surface area contributed by atoms with Gasteiger partial charge in [-0.2, -0.15) is 0 Å². The molecule has 0 aromatic carbocycles. The van der Waals surface area contributed by atoms with Crippen LogP contribution in [-0.4, -0.2) is 58.3 Å². The smallest absolute Gasteiger partial charge is 0.271 e. The Kier molecular flexibility index (Phi) is 3.72. The number of hydrogen-bond donors (Lipinski definition) is 0. The molecule has 7 heteroatoms. The molecule has 2 aliphatic heterocycles. The highest BCUT2D eigenvalue weighted by Crippen LogP contribution is 2.35. The number of hydrogen-bond acceptors (Lipinski definition) is 6. The third-order valence-corrected chi connectivity index (χ3v) is 4.33. The molecule has 0 N–H and O–H groups in total. The van der Waals surface area contributed by atoms with Crippen LogP contribution >= 0.6 is 0 Å². The van der Waals surface area contributed by atoms with Crippen LogP contribution in [0.2, 0.25) is 0 Å². The number of carbonyl (C=O) groups is 1. The second kappa shape index (κ2) is 5.55. The van der Waals surface area contributed by atoms with Crippen molar-refractivity contribution in [2.45, 2.75) is 38.3 Å². The third kappa shape index (κ3) is 2.63. The number of nitrogens with zero attached hydrogens (tertiary/aromatic N) is 5. The molecule has 1 atom stereocenters. The highest BCUT2D eigenvalue weighted by atomic mass is 16.7. The second-order valence-electron chi connectivity index (χ2n) is 6.22. The molecule has 22 heavy (non-hydrogen) atoms. The lowest BCUT2D eigenvalue weighted by Crippen LogP contribution is -2.40. The Morgan fingerprint density at radius 1 is 1.41 bits per heavy atom. The van der Waals surface area contributed by atoms with Crippen molar-refractivity contribution in [3.63, 3.8) is 0 Å². The van der Waals surface area contributed by atoms with Gasteiger partial charge in [-0.05, 0) is 19.9 Å². The van der Waals surface area contributed by atoms with Crippen LogP contribution in [0.4, 0.5) is 5.95 Å². The molecule has 3 rings (SSSR count). The third-order valence-electron chi connectivity index (χ3n) is 4.33. The van der Waals surface area contributed by atoms with Gasteiger partial charge in [-0.3, -0.25) is 4.79 Å². The van der Waals surface area contributed by atoms with Gasteiger partial charge in [0.25, 0.3) is 5.91 Å². The lowest BCUT2D eigenvalue weighted by Gasteiger charge is -2.23. The van der Waals surface area contributed by atoms with E-state index >= 15 is 0 Å². The summed E-state index contributed by atoms with van der Waals surface area (Å²) >= 11 is 0. The molecule has 1 spiro atoms. The van der Waals surface area contributed by atoms with Crippen molar-refractivity contribution < 1.29 is 9.63 Å². The Balaban J connectivity index is 1.66. The van der Waals surface area contributed by atoms with Crippen LogP contribution in [0.25, 0.3) is 0 Å². The summed E-state index contributed by atoms with van der Waals surface area (Å²) in [5.41, 5.74) is 0.0918. The fourth-order valence-corrected chi connectivity index (χ4v) is 2.76. The Labute approximate surface area is 130 Å². The average molecular weight is 303 g/mol. The SMILES string of the molecule is CC(C)N(C)C(=O)C1=NOC2(CCN(c3ncccn3)C2)C1. The van der Waals surface area contributed by atoms with Gasteiger partial charge in [-0.15, -0.1) is 0 Å². The normalized spacial score (nSPS) is 23.8. The van der Waals surface area contributed by atoms with Crippen LogP contribution in [-0.2, 0) is 9.63 Å². The van der Waals surface area contributed by atoms with Crippen molar-refractivity contribution >= 4 is 17.6 Å². The molecule has 7 nitrogen and oxygen atoms in total. The second-order valence-corrected chi connectivity index (χ2v) is 6.22. The average Bonchev–Trinajstić information content (AvgIpc) is 3.14. The van der Waals surface area contributed by atoms with Gasteiger partial charge in [0.2, 0.25) is 5.95 Å². The summed E-state index contributed by atoms with van der Waals surface area (Å²) in [6, 6.07) is 1.94. The number of carbonyl (C=O) groups excluding carboxylic acids is 1. The summed E-state index contributed by atoms with van der Waals surface area (Å²) in [4.78, 5) is 30.3. The molecule has 0 aliphatic carbocycles. The van der Waals surface area contributed by atoms with E-state index in [0.717, 1.165) is 13.0 Å². The lowest BCUT2D eigenvalue weighted by atomic mass is 9.96. The highest BCUT2D eigenvalue weighted by molar-refractivity contribution is 6.39. The number of oxime groups is 1. The van der Waals surface area contributed by atoms with E-state index in [4.69, 9.17) is 4.84 Å². The molecular weight excluding hydrogens is 282 g/mol. The monoisotopic (exact) mass is 303 g/mol. The number of rotatable bonds is 3. The van der Waals surface area contributed by atoms with Crippen molar-refractivity contribution in [2.24, 2.45) is 5.16 Å². The number of anilines is 1. The van der Waals surface area contributed by atoms with Gasteiger partial charge >= 0.3 is 0 Å². The van der Waals surface area contributed by atoms with Crippen LogP contribution in [0, 0.1) is 0 Å². The van der Waals surface area contributed by atoms with E-state index in [-0.39, 0.29) is 11.9 Å². The van der Waals surface area contributed by atoms with Crippen LogP contribution < -0.4 is 4.90 Å². The van der Waals surface area contributed by atoms with Gasteiger partial charge in [-0.25, -0.2) is 9.97 Å². The fraction of sp³-hybridized carbons (Fsp3) is 0.600.